The van der Waals surface area contributed by atoms with Crippen LogP contribution >= 0.6 is 0 Å². The fourth-order valence-corrected chi connectivity index (χ4v) is 0.837. The summed E-state index contributed by atoms with van der Waals surface area (Å²) in [5.74, 6) is -0.0313. The van der Waals surface area contributed by atoms with E-state index in [-0.39, 0.29) is 12.5 Å². The number of nitrogens with two attached hydrogens (primary N) is 1. The Bertz CT molecular complexity index is 198. The first-order valence-corrected chi connectivity index (χ1v) is 3.44. The topological polar surface area (TPSA) is 72.0 Å². The lowest BCUT2D eigenvalue weighted by Gasteiger charge is -2.09. The largest absolute Gasteiger partial charge is 0.396 e. The number of aliphatic hydroxyl groups excluding tert-OH is 1. The molecule has 0 saturated carbocycles. The van der Waals surface area contributed by atoms with Gasteiger partial charge in [-0.05, 0) is 5.56 Å². The molecule has 1 heterocycles. The van der Waals surface area contributed by atoms with E-state index in [0.29, 0.717) is 6.54 Å². The summed E-state index contributed by atoms with van der Waals surface area (Å²) < 4.78 is 0. The molecule has 1 unspecified atom stereocenters. The number of aromatic nitrogens is 2. The molecule has 1 aromatic rings. The molecule has 4 nitrogen and oxygen atoms in total. The van der Waals surface area contributed by atoms with Crippen molar-refractivity contribution in [3.05, 3.63) is 24.3 Å². The molecular weight excluding hydrogens is 142 g/mol. The van der Waals surface area contributed by atoms with Gasteiger partial charge < -0.3 is 10.8 Å². The number of aliphatic hydroxyl groups is 1. The zero-order chi connectivity index (χ0) is 8.10. The van der Waals surface area contributed by atoms with Crippen molar-refractivity contribution in [1.82, 2.24) is 9.97 Å². The van der Waals surface area contributed by atoms with Crippen LogP contribution < -0.4 is 5.73 Å². The van der Waals surface area contributed by atoms with Crippen LogP contribution in [0.2, 0.25) is 0 Å². The van der Waals surface area contributed by atoms with Crippen LogP contribution in [0.15, 0.2) is 18.7 Å². The van der Waals surface area contributed by atoms with Crippen LogP contribution in [-0.4, -0.2) is 28.2 Å². The lowest BCUT2D eigenvalue weighted by molar-refractivity contribution is 0.267. The second kappa shape index (κ2) is 4.00. The minimum absolute atomic E-state index is 0.0313. The Hall–Kier alpha value is -1.00. The predicted octanol–water partition coefficient (Wildman–Crippen LogP) is -0.489. The van der Waals surface area contributed by atoms with Crippen molar-refractivity contribution < 1.29 is 5.11 Å². The minimum Gasteiger partial charge on any atom is -0.396 e. The third-order valence-corrected chi connectivity index (χ3v) is 1.56. The molecule has 1 aromatic heterocycles. The first-order chi connectivity index (χ1) is 5.38. The molecule has 0 radical (unpaired) electrons. The van der Waals surface area contributed by atoms with Crippen LogP contribution in [0, 0.1) is 0 Å². The van der Waals surface area contributed by atoms with Crippen LogP contribution in [0.25, 0.3) is 0 Å². The Morgan fingerprint density at radius 1 is 1.45 bits per heavy atom. The Morgan fingerprint density at radius 3 is 2.55 bits per heavy atom. The first-order valence-electron chi connectivity index (χ1n) is 3.44. The van der Waals surface area contributed by atoms with Gasteiger partial charge in [0.15, 0.2) is 0 Å². The Morgan fingerprint density at radius 2 is 2.09 bits per heavy atom. The van der Waals surface area contributed by atoms with Gasteiger partial charge in [-0.25, -0.2) is 9.97 Å². The summed E-state index contributed by atoms with van der Waals surface area (Å²) in [4.78, 5) is 7.65. The summed E-state index contributed by atoms with van der Waals surface area (Å²) in [5.41, 5.74) is 6.29. The maximum Gasteiger partial charge on any atom is 0.115 e. The maximum absolute atomic E-state index is 8.84. The molecular formula is C7H11N3O. The highest BCUT2D eigenvalue weighted by atomic mass is 16.3. The van der Waals surface area contributed by atoms with Gasteiger partial charge in [-0.1, -0.05) is 0 Å². The minimum atomic E-state index is -0.0313. The second-order valence-electron chi connectivity index (χ2n) is 2.29. The summed E-state index contributed by atoms with van der Waals surface area (Å²) in [6.07, 6.45) is 4.79. The Labute approximate surface area is 65.1 Å². The molecule has 1 rings (SSSR count). The fourth-order valence-electron chi connectivity index (χ4n) is 0.837. The normalized spacial score (nSPS) is 12.9. The molecule has 0 fully saturated rings. The average Bonchev–Trinajstić information content (AvgIpc) is 2.09. The Kier molecular flexibility index (Phi) is 2.95. The van der Waals surface area contributed by atoms with Gasteiger partial charge in [-0.3, -0.25) is 0 Å². The smallest absolute Gasteiger partial charge is 0.115 e. The van der Waals surface area contributed by atoms with Gasteiger partial charge in [0, 0.05) is 24.9 Å². The fraction of sp³-hybridized carbons (Fsp3) is 0.429. The number of rotatable bonds is 3. The molecule has 0 aliphatic rings. The van der Waals surface area contributed by atoms with Crippen molar-refractivity contribution in [2.24, 2.45) is 5.73 Å². The molecule has 0 aliphatic heterocycles. The summed E-state index contributed by atoms with van der Waals surface area (Å²) in [7, 11) is 0. The van der Waals surface area contributed by atoms with Gasteiger partial charge in [0.1, 0.15) is 6.33 Å². The molecule has 3 N–H and O–H groups in total. The number of nitrogens with zero attached hydrogens (tertiary/aromatic N) is 2. The molecule has 0 amide bonds. The van der Waals surface area contributed by atoms with Crippen molar-refractivity contribution in [3.63, 3.8) is 0 Å². The van der Waals surface area contributed by atoms with E-state index in [0.717, 1.165) is 5.56 Å². The lowest BCUT2D eigenvalue weighted by Crippen LogP contribution is -2.16. The van der Waals surface area contributed by atoms with Crippen LogP contribution in [0.5, 0.6) is 0 Å². The van der Waals surface area contributed by atoms with Crippen LogP contribution in [-0.2, 0) is 0 Å². The molecule has 0 spiro atoms. The third kappa shape index (κ3) is 1.96. The molecule has 4 heteroatoms. The van der Waals surface area contributed by atoms with Gasteiger partial charge in [0.05, 0.1) is 6.61 Å². The van der Waals surface area contributed by atoms with Gasteiger partial charge in [-0.2, -0.15) is 0 Å². The molecule has 1 atom stereocenters. The summed E-state index contributed by atoms with van der Waals surface area (Å²) >= 11 is 0. The van der Waals surface area contributed by atoms with Crippen LogP contribution in [0.1, 0.15) is 11.5 Å². The van der Waals surface area contributed by atoms with Crippen molar-refractivity contribution in [2.75, 3.05) is 13.2 Å². The van der Waals surface area contributed by atoms with Crippen molar-refractivity contribution in [3.8, 4) is 0 Å². The second-order valence-corrected chi connectivity index (χ2v) is 2.29. The van der Waals surface area contributed by atoms with E-state index >= 15 is 0 Å². The highest BCUT2D eigenvalue weighted by Crippen LogP contribution is 2.09. The quantitative estimate of drug-likeness (QED) is 0.614. The van der Waals surface area contributed by atoms with E-state index < -0.39 is 0 Å². The molecule has 11 heavy (non-hydrogen) atoms. The zero-order valence-electron chi connectivity index (χ0n) is 6.14. The summed E-state index contributed by atoms with van der Waals surface area (Å²) in [5, 5.41) is 8.84. The van der Waals surface area contributed by atoms with Crippen molar-refractivity contribution in [2.45, 2.75) is 5.92 Å². The van der Waals surface area contributed by atoms with Gasteiger partial charge in [-0.15, -0.1) is 0 Å². The van der Waals surface area contributed by atoms with E-state index in [1.165, 1.54) is 6.33 Å². The highest BCUT2D eigenvalue weighted by molar-refractivity contribution is 5.10. The molecule has 0 aliphatic carbocycles. The van der Waals surface area contributed by atoms with Crippen LogP contribution in [0.4, 0.5) is 0 Å². The third-order valence-electron chi connectivity index (χ3n) is 1.56. The van der Waals surface area contributed by atoms with E-state index in [1.54, 1.807) is 12.4 Å². The summed E-state index contributed by atoms with van der Waals surface area (Å²) in [6, 6.07) is 0. The maximum atomic E-state index is 8.84. The van der Waals surface area contributed by atoms with E-state index in [9.17, 15) is 0 Å². The van der Waals surface area contributed by atoms with E-state index in [4.69, 9.17) is 10.8 Å². The standard InChI is InChI=1S/C7H11N3O/c8-1-6(4-11)7-2-9-5-10-3-7/h2-3,5-6,11H,1,4,8H2. The monoisotopic (exact) mass is 153 g/mol. The Balaban J connectivity index is 2.74. The van der Waals surface area contributed by atoms with Crippen molar-refractivity contribution >= 4 is 0 Å². The van der Waals surface area contributed by atoms with Crippen LogP contribution in [0.3, 0.4) is 0 Å². The molecule has 0 aromatic carbocycles. The molecule has 60 valence electrons. The van der Waals surface area contributed by atoms with Gasteiger partial charge in [0.2, 0.25) is 0 Å². The molecule has 0 saturated heterocycles. The lowest BCUT2D eigenvalue weighted by atomic mass is 10.0. The van der Waals surface area contributed by atoms with Gasteiger partial charge >= 0.3 is 0 Å². The van der Waals surface area contributed by atoms with Gasteiger partial charge in [0.25, 0.3) is 0 Å². The predicted molar refractivity (Wildman–Crippen MR) is 40.9 cm³/mol. The van der Waals surface area contributed by atoms with Crippen molar-refractivity contribution in [1.29, 1.82) is 0 Å². The zero-order valence-corrected chi connectivity index (χ0v) is 6.14. The average molecular weight is 153 g/mol. The number of hydrogen-bond donors (Lipinski definition) is 2. The first kappa shape index (κ1) is 8.10. The van der Waals surface area contributed by atoms with E-state index in [1.807, 2.05) is 0 Å². The summed E-state index contributed by atoms with van der Waals surface area (Å²) in [6.45, 7) is 0.466. The van der Waals surface area contributed by atoms with E-state index in [2.05, 4.69) is 9.97 Å². The molecule has 0 bridgehead atoms. The number of hydrogen-bond acceptors (Lipinski definition) is 4. The highest BCUT2D eigenvalue weighted by Gasteiger charge is 2.07. The SMILES string of the molecule is NCC(CO)c1cncnc1.